The molecule has 2 aromatic carbocycles. The van der Waals surface area contributed by atoms with Gasteiger partial charge in [-0.1, -0.05) is 18.2 Å². The van der Waals surface area contributed by atoms with E-state index < -0.39 is 11.8 Å². The standard InChI is InChI=1S/C17H15NO4/c1-22-14-9-7-12(8-10-14)16(19)11-15(17(20)21)18-13-5-3-2-4-6-13/h2-11,18H,1H3,(H,20,21)/b15-11-. The molecule has 0 aliphatic heterocycles. The van der Waals surface area contributed by atoms with E-state index in [-0.39, 0.29) is 5.70 Å². The van der Waals surface area contributed by atoms with Gasteiger partial charge in [0.2, 0.25) is 0 Å². The van der Waals surface area contributed by atoms with E-state index in [1.807, 2.05) is 6.07 Å². The van der Waals surface area contributed by atoms with Crippen LogP contribution in [0.1, 0.15) is 10.4 Å². The van der Waals surface area contributed by atoms with Crippen LogP contribution >= 0.6 is 0 Å². The molecule has 0 unspecified atom stereocenters. The number of aliphatic carboxylic acids is 1. The van der Waals surface area contributed by atoms with E-state index in [9.17, 15) is 14.7 Å². The number of hydrogen-bond acceptors (Lipinski definition) is 4. The number of ketones is 1. The molecule has 0 atom stereocenters. The first kappa shape index (κ1) is 15.3. The average molecular weight is 297 g/mol. The molecule has 112 valence electrons. The molecule has 0 fully saturated rings. The second-order valence-corrected chi connectivity index (χ2v) is 4.45. The number of carboxylic acids is 1. The first-order chi connectivity index (χ1) is 10.6. The SMILES string of the molecule is COc1ccc(C(=O)/C=C(\Nc2ccccc2)C(=O)O)cc1. The molecule has 0 saturated carbocycles. The van der Waals surface area contributed by atoms with Gasteiger partial charge in [-0.05, 0) is 36.4 Å². The highest BCUT2D eigenvalue weighted by atomic mass is 16.5. The normalized spacial score (nSPS) is 10.9. The number of ether oxygens (including phenoxy) is 1. The third-order valence-corrected chi connectivity index (χ3v) is 2.93. The number of carbonyl (C=O) groups is 2. The van der Waals surface area contributed by atoms with E-state index in [0.717, 1.165) is 6.08 Å². The van der Waals surface area contributed by atoms with Crippen LogP contribution in [-0.4, -0.2) is 24.0 Å². The van der Waals surface area contributed by atoms with Gasteiger partial charge in [0.25, 0.3) is 0 Å². The summed E-state index contributed by atoms with van der Waals surface area (Å²) in [6.07, 6.45) is 1.07. The molecule has 0 amide bonds. The summed E-state index contributed by atoms with van der Waals surface area (Å²) in [5.74, 6) is -0.976. The summed E-state index contributed by atoms with van der Waals surface area (Å²) in [5, 5.41) is 11.9. The second kappa shape index (κ2) is 7.08. The molecule has 5 heteroatoms. The van der Waals surface area contributed by atoms with Crippen molar-refractivity contribution in [3.8, 4) is 5.75 Å². The van der Waals surface area contributed by atoms with E-state index >= 15 is 0 Å². The van der Waals surface area contributed by atoms with Gasteiger partial charge in [0, 0.05) is 17.3 Å². The molecule has 5 nitrogen and oxygen atoms in total. The lowest BCUT2D eigenvalue weighted by molar-refractivity contribution is -0.132. The van der Waals surface area contributed by atoms with Crippen LogP contribution < -0.4 is 10.1 Å². The zero-order valence-corrected chi connectivity index (χ0v) is 11.9. The van der Waals surface area contributed by atoms with Crippen LogP contribution in [0, 0.1) is 0 Å². The third kappa shape index (κ3) is 3.96. The van der Waals surface area contributed by atoms with Gasteiger partial charge in [-0.2, -0.15) is 0 Å². The number of rotatable bonds is 6. The van der Waals surface area contributed by atoms with Crippen molar-refractivity contribution in [2.75, 3.05) is 12.4 Å². The number of hydrogen-bond donors (Lipinski definition) is 2. The molecule has 2 aromatic rings. The Bertz CT molecular complexity index is 690. The number of methoxy groups -OCH3 is 1. The maximum Gasteiger partial charge on any atom is 0.352 e. The molecule has 2 N–H and O–H groups in total. The molecular weight excluding hydrogens is 282 g/mol. The summed E-state index contributed by atoms with van der Waals surface area (Å²) in [6, 6.07) is 15.2. The molecule has 0 heterocycles. The fourth-order valence-electron chi connectivity index (χ4n) is 1.80. The molecule has 0 radical (unpaired) electrons. The molecule has 2 rings (SSSR count). The molecule has 22 heavy (non-hydrogen) atoms. The Balaban J connectivity index is 2.21. The number of benzene rings is 2. The summed E-state index contributed by atoms with van der Waals surface area (Å²) in [6.45, 7) is 0. The minimum Gasteiger partial charge on any atom is -0.497 e. The number of anilines is 1. The maximum absolute atomic E-state index is 12.1. The predicted octanol–water partition coefficient (Wildman–Crippen LogP) is 2.96. The van der Waals surface area contributed by atoms with Gasteiger partial charge in [-0.3, -0.25) is 4.79 Å². The van der Waals surface area contributed by atoms with Crippen LogP contribution in [0.15, 0.2) is 66.4 Å². The lowest BCUT2D eigenvalue weighted by atomic mass is 10.1. The monoisotopic (exact) mass is 297 g/mol. The van der Waals surface area contributed by atoms with E-state index in [4.69, 9.17) is 4.74 Å². The van der Waals surface area contributed by atoms with Crippen molar-refractivity contribution in [1.29, 1.82) is 0 Å². The van der Waals surface area contributed by atoms with Crippen molar-refractivity contribution in [3.63, 3.8) is 0 Å². The van der Waals surface area contributed by atoms with Crippen LogP contribution in [0.4, 0.5) is 5.69 Å². The first-order valence-electron chi connectivity index (χ1n) is 6.55. The van der Waals surface area contributed by atoms with Gasteiger partial charge in [0.05, 0.1) is 7.11 Å². The van der Waals surface area contributed by atoms with Crippen molar-refractivity contribution in [3.05, 3.63) is 71.9 Å². The van der Waals surface area contributed by atoms with E-state index in [1.165, 1.54) is 7.11 Å². The summed E-state index contributed by atoms with van der Waals surface area (Å²) in [4.78, 5) is 23.4. The highest BCUT2D eigenvalue weighted by molar-refractivity contribution is 6.09. The van der Waals surface area contributed by atoms with E-state index in [1.54, 1.807) is 48.5 Å². The van der Waals surface area contributed by atoms with Crippen LogP contribution in [0.2, 0.25) is 0 Å². The average Bonchev–Trinajstić information content (AvgIpc) is 2.55. The zero-order valence-electron chi connectivity index (χ0n) is 11.9. The topological polar surface area (TPSA) is 75.6 Å². The van der Waals surface area contributed by atoms with Crippen LogP contribution in [0.5, 0.6) is 5.75 Å². The lowest BCUT2D eigenvalue weighted by Gasteiger charge is -2.07. The Morgan fingerprint density at radius 3 is 2.23 bits per heavy atom. The Morgan fingerprint density at radius 2 is 1.68 bits per heavy atom. The quantitative estimate of drug-likeness (QED) is 0.633. The molecule has 0 aliphatic carbocycles. The Kier molecular flexibility index (Phi) is 4.93. The largest absolute Gasteiger partial charge is 0.497 e. The van der Waals surface area contributed by atoms with Crippen molar-refractivity contribution in [1.82, 2.24) is 0 Å². The van der Waals surface area contributed by atoms with E-state index in [0.29, 0.717) is 17.0 Å². The second-order valence-electron chi connectivity index (χ2n) is 4.45. The Labute approximate surface area is 127 Å². The number of carboxylic acid groups (broad SMARTS) is 1. The van der Waals surface area contributed by atoms with Crippen LogP contribution in [-0.2, 0) is 4.79 Å². The summed E-state index contributed by atoms with van der Waals surface area (Å²) in [5.41, 5.74) is 0.792. The fraction of sp³-hybridized carbons (Fsp3) is 0.0588. The zero-order chi connectivity index (χ0) is 15.9. The number of carbonyl (C=O) groups excluding carboxylic acids is 1. The van der Waals surface area contributed by atoms with Gasteiger partial charge in [0.15, 0.2) is 5.78 Å². The van der Waals surface area contributed by atoms with Gasteiger partial charge >= 0.3 is 5.97 Å². The van der Waals surface area contributed by atoms with Crippen molar-refractivity contribution >= 4 is 17.4 Å². The summed E-state index contributed by atoms with van der Waals surface area (Å²) >= 11 is 0. The highest BCUT2D eigenvalue weighted by Gasteiger charge is 2.11. The summed E-state index contributed by atoms with van der Waals surface area (Å²) < 4.78 is 5.01. The van der Waals surface area contributed by atoms with Gasteiger partial charge in [-0.25, -0.2) is 4.79 Å². The molecule has 0 bridgehead atoms. The summed E-state index contributed by atoms with van der Waals surface area (Å²) in [7, 11) is 1.53. The van der Waals surface area contributed by atoms with E-state index in [2.05, 4.69) is 5.32 Å². The number of nitrogens with one attached hydrogen (secondary N) is 1. The molecule has 0 spiro atoms. The fourth-order valence-corrected chi connectivity index (χ4v) is 1.80. The highest BCUT2D eigenvalue weighted by Crippen LogP contribution is 2.14. The number of para-hydroxylation sites is 1. The van der Waals surface area contributed by atoms with Crippen LogP contribution in [0.25, 0.3) is 0 Å². The van der Waals surface area contributed by atoms with Crippen molar-refractivity contribution in [2.45, 2.75) is 0 Å². The first-order valence-corrected chi connectivity index (χ1v) is 6.55. The maximum atomic E-state index is 12.1. The minimum absolute atomic E-state index is 0.188. The minimum atomic E-state index is -1.20. The number of allylic oxidation sites excluding steroid dienone is 1. The van der Waals surface area contributed by atoms with Gasteiger partial charge in [-0.15, -0.1) is 0 Å². The Morgan fingerprint density at radius 1 is 1.05 bits per heavy atom. The van der Waals surface area contributed by atoms with Crippen molar-refractivity contribution < 1.29 is 19.4 Å². The lowest BCUT2D eigenvalue weighted by Crippen LogP contribution is -2.12. The smallest absolute Gasteiger partial charge is 0.352 e. The molecule has 0 aliphatic rings. The Hall–Kier alpha value is -3.08. The third-order valence-electron chi connectivity index (χ3n) is 2.93. The molecular formula is C17H15NO4. The van der Waals surface area contributed by atoms with Gasteiger partial charge in [0.1, 0.15) is 11.4 Å². The molecule has 0 aromatic heterocycles. The van der Waals surface area contributed by atoms with Crippen molar-refractivity contribution in [2.24, 2.45) is 0 Å². The van der Waals surface area contributed by atoms with Crippen LogP contribution in [0.3, 0.4) is 0 Å². The molecule has 0 saturated heterocycles. The predicted molar refractivity (Wildman–Crippen MR) is 83.1 cm³/mol. The van der Waals surface area contributed by atoms with Gasteiger partial charge < -0.3 is 15.2 Å².